The SMILES string of the molecule is c1cnc2[nH]cc(CNC3CCN4CCCC4C3)c2c1. The van der Waals surface area contributed by atoms with Gasteiger partial charge in [0.05, 0.1) is 0 Å². The molecule has 2 aliphatic rings. The third-order valence-corrected chi connectivity index (χ3v) is 4.94. The number of rotatable bonds is 3. The van der Waals surface area contributed by atoms with Gasteiger partial charge in [0.2, 0.25) is 0 Å². The lowest BCUT2D eigenvalue weighted by atomic mass is 9.97. The molecule has 0 bridgehead atoms. The van der Waals surface area contributed by atoms with E-state index >= 15 is 0 Å². The highest BCUT2D eigenvalue weighted by Crippen LogP contribution is 2.27. The quantitative estimate of drug-likeness (QED) is 0.899. The van der Waals surface area contributed by atoms with Crippen molar-refractivity contribution in [3.63, 3.8) is 0 Å². The van der Waals surface area contributed by atoms with Crippen LogP contribution in [0.2, 0.25) is 0 Å². The van der Waals surface area contributed by atoms with Crippen LogP contribution in [0, 0.1) is 0 Å². The summed E-state index contributed by atoms with van der Waals surface area (Å²) in [6.07, 6.45) is 9.33. The largest absolute Gasteiger partial charge is 0.346 e. The molecule has 2 fully saturated rings. The van der Waals surface area contributed by atoms with Crippen molar-refractivity contribution in [1.29, 1.82) is 0 Å². The molecule has 2 saturated heterocycles. The lowest BCUT2D eigenvalue weighted by molar-refractivity contribution is 0.166. The Balaban J connectivity index is 1.40. The zero-order valence-electron chi connectivity index (χ0n) is 11.8. The monoisotopic (exact) mass is 270 g/mol. The molecule has 0 amide bonds. The van der Waals surface area contributed by atoms with Gasteiger partial charge in [-0.15, -0.1) is 0 Å². The molecule has 2 aromatic rings. The fourth-order valence-corrected chi connectivity index (χ4v) is 3.82. The van der Waals surface area contributed by atoms with Crippen molar-refractivity contribution >= 4 is 11.0 Å². The molecule has 0 aliphatic carbocycles. The Labute approximate surface area is 119 Å². The third kappa shape index (κ3) is 2.23. The average molecular weight is 270 g/mol. The number of piperidine rings is 1. The van der Waals surface area contributed by atoms with Crippen molar-refractivity contribution in [2.24, 2.45) is 0 Å². The summed E-state index contributed by atoms with van der Waals surface area (Å²) in [6.45, 7) is 3.55. The zero-order chi connectivity index (χ0) is 13.4. The van der Waals surface area contributed by atoms with Crippen LogP contribution >= 0.6 is 0 Å². The number of hydrogen-bond acceptors (Lipinski definition) is 3. The molecule has 0 radical (unpaired) electrons. The summed E-state index contributed by atoms with van der Waals surface area (Å²) in [7, 11) is 0. The summed E-state index contributed by atoms with van der Waals surface area (Å²) >= 11 is 0. The van der Waals surface area contributed by atoms with E-state index in [2.05, 4.69) is 32.4 Å². The van der Waals surface area contributed by atoms with Gasteiger partial charge < -0.3 is 15.2 Å². The van der Waals surface area contributed by atoms with E-state index < -0.39 is 0 Å². The van der Waals surface area contributed by atoms with E-state index in [0.717, 1.165) is 18.2 Å². The van der Waals surface area contributed by atoms with Crippen LogP contribution in [-0.2, 0) is 6.54 Å². The van der Waals surface area contributed by atoms with Gasteiger partial charge in [0.1, 0.15) is 5.65 Å². The van der Waals surface area contributed by atoms with Gasteiger partial charge in [-0.25, -0.2) is 4.98 Å². The van der Waals surface area contributed by atoms with Crippen LogP contribution in [0.1, 0.15) is 31.2 Å². The lowest BCUT2D eigenvalue weighted by Crippen LogP contribution is -2.45. The number of aromatic nitrogens is 2. The fourth-order valence-electron chi connectivity index (χ4n) is 3.82. The minimum absolute atomic E-state index is 0.677. The van der Waals surface area contributed by atoms with Crippen molar-refractivity contribution in [2.75, 3.05) is 13.1 Å². The van der Waals surface area contributed by atoms with Crippen LogP contribution in [0.5, 0.6) is 0 Å². The highest BCUT2D eigenvalue weighted by Gasteiger charge is 2.31. The van der Waals surface area contributed by atoms with Gasteiger partial charge in [-0.05, 0) is 56.5 Å². The van der Waals surface area contributed by atoms with E-state index in [1.165, 1.54) is 49.7 Å². The highest BCUT2D eigenvalue weighted by atomic mass is 15.2. The zero-order valence-corrected chi connectivity index (χ0v) is 11.8. The number of nitrogens with zero attached hydrogens (tertiary/aromatic N) is 2. The molecule has 0 saturated carbocycles. The maximum absolute atomic E-state index is 4.35. The summed E-state index contributed by atoms with van der Waals surface area (Å²) in [5.74, 6) is 0. The van der Waals surface area contributed by atoms with Gasteiger partial charge in [-0.1, -0.05) is 0 Å². The van der Waals surface area contributed by atoms with E-state index in [1.54, 1.807) is 0 Å². The van der Waals surface area contributed by atoms with Crippen LogP contribution in [-0.4, -0.2) is 40.0 Å². The minimum Gasteiger partial charge on any atom is -0.346 e. The number of H-pyrrole nitrogens is 1. The van der Waals surface area contributed by atoms with Crippen molar-refractivity contribution in [2.45, 2.75) is 44.3 Å². The van der Waals surface area contributed by atoms with E-state index in [9.17, 15) is 0 Å². The standard InChI is InChI=1S/C16H22N4/c1-4-15-12(11-19-16(15)17-6-1)10-18-13-5-8-20-7-2-3-14(20)9-13/h1,4,6,11,13-14,18H,2-3,5,7-10H2,(H,17,19). The number of fused-ring (bicyclic) bond motifs is 2. The number of pyridine rings is 1. The van der Waals surface area contributed by atoms with E-state index in [-0.39, 0.29) is 0 Å². The Hall–Kier alpha value is -1.39. The van der Waals surface area contributed by atoms with Crippen LogP contribution in [0.4, 0.5) is 0 Å². The molecule has 0 spiro atoms. The summed E-state index contributed by atoms with van der Waals surface area (Å²) < 4.78 is 0. The fraction of sp³-hybridized carbons (Fsp3) is 0.562. The van der Waals surface area contributed by atoms with Crippen LogP contribution in [0.15, 0.2) is 24.5 Å². The smallest absolute Gasteiger partial charge is 0.137 e. The van der Waals surface area contributed by atoms with Crippen LogP contribution in [0.3, 0.4) is 0 Å². The van der Waals surface area contributed by atoms with Gasteiger partial charge >= 0.3 is 0 Å². The molecule has 2 N–H and O–H groups in total. The van der Waals surface area contributed by atoms with E-state index in [1.807, 2.05) is 12.3 Å². The summed E-state index contributed by atoms with van der Waals surface area (Å²) in [4.78, 5) is 10.3. The molecule has 2 unspecified atom stereocenters. The average Bonchev–Trinajstić information content (AvgIpc) is 3.11. The molecule has 2 aromatic heterocycles. The van der Waals surface area contributed by atoms with Gasteiger partial charge in [-0.2, -0.15) is 0 Å². The van der Waals surface area contributed by atoms with Crippen molar-refractivity contribution in [1.82, 2.24) is 20.2 Å². The molecule has 2 atom stereocenters. The number of hydrogen-bond donors (Lipinski definition) is 2. The second-order valence-corrected chi connectivity index (χ2v) is 6.15. The molecule has 4 heteroatoms. The number of aromatic amines is 1. The molecule has 2 aliphatic heterocycles. The van der Waals surface area contributed by atoms with Gasteiger partial charge in [0.15, 0.2) is 0 Å². The van der Waals surface area contributed by atoms with E-state index in [0.29, 0.717) is 6.04 Å². The Morgan fingerprint density at radius 3 is 3.35 bits per heavy atom. The van der Waals surface area contributed by atoms with Gasteiger partial charge in [0, 0.05) is 36.4 Å². The topological polar surface area (TPSA) is 44.0 Å². The summed E-state index contributed by atoms with van der Waals surface area (Å²) in [5, 5.41) is 5.00. The predicted octanol–water partition coefficient (Wildman–Crippen LogP) is 2.28. The Morgan fingerprint density at radius 2 is 2.35 bits per heavy atom. The normalized spacial score (nSPS) is 27.0. The Morgan fingerprint density at radius 1 is 1.35 bits per heavy atom. The molecule has 20 heavy (non-hydrogen) atoms. The molecular weight excluding hydrogens is 248 g/mol. The maximum atomic E-state index is 4.35. The van der Waals surface area contributed by atoms with Crippen molar-refractivity contribution in [3.05, 3.63) is 30.1 Å². The highest BCUT2D eigenvalue weighted by molar-refractivity contribution is 5.79. The molecule has 0 aromatic carbocycles. The Bertz CT molecular complexity index is 591. The lowest BCUT2D eigenvalue weighted by Gasteiger charge is -2.35. The Kier molecular flexibility index (Phi) is 3.20. The molecule has 4 nitrogen and oxygen atoms in total. The summed E-state index contributed by atoms with van der Waals surface area (Å²) in [5.41, 5.74) is 2.33. The second kappa shape index (κ2) is 5.19. The van der Waals surface area contributed by atoms with Crippen molar-refractivity contribution in [3.8, 4) is 0 Å². The van der Waals surface area contributed by atoms with Crippen LogP contribution in [0.25, 0.3) is 11.0 Å². The maximum Gasteiger partial charge on any atom is 0.137 e. The van der Waals surface area contributed by atoms with E-state index in [4.69, 9.17) is 0 Å². The first-order valence-electron chi connectivity index (χ1n) is 7.78. The first kappa shape index (κ1) is 12.4. The second-order valence-electron chi connectivity index (χ2n) is 6.15. The first-order valence-corrected chi connectivity index (χ1v) is 7.78. The number of nitrogens with one attached hydrogen (secondary N) is 2. The van der Waals surface area contributed by atoms with Gasteiger partial charge in [-0.3, -0.25) is 0 Å². The summed E-state index contributed by atoms with van der Waals surface area (Å²) in [6, 6.07) is 5.67. The molecule has 4 heterocycles. The molecule has 106 valence electrons. The third-order valence-electron chi connectivity index (χ3n) is 4.94. The minimum atomic E-state index is 0.677. The molecule has 4 rings (SSSR count). The van der Waals surface area contributed by atoms with Gasteiger partial charge in [0.25, 0.3) is 0 Å². The van der Waals surface area contributed by atoms with Crippen LogP contribution < -0.4 is 5.32 Å². The van der Waals surface area contributed by atoms with Crippen molar-refractivity contribution < 1.29 is 0 Å². The first-order chi connectivity index (χ1) is 9.90. The molecular formula is C16H22N4. The predicted molar refractivity (Wildman–Crippen MR) is 80.6 cm³/mol.